The van der Waals surface area contributed by atoms with E-state index in [2.05, 4.69) is 11.1 Å². The zero-order valence-corrected chi connectivity index (χ0v) is 23.6. The summed E-state index contributed by atoms with van der Waals surface area (Å²) in [5.41, 5.74) is 0.295. The highest BCUT2D eigenvalue weighted by Gasteiger charge is 2.55. The van der Waals surface area contributed by atoms with Crippen LogP contribution in [0.15, 0.2) is 29.3 Å². The molecule has 5 unspecified atom stereocenters. The van der Waals surface area contributed by atoms with Gasteiger partial charge in [-0.05, 0) is 53.2 Å². The third kappa shape index (κ3) is 5.80. The van der Waals surface area contributed by atoms with E-state index in [1.54, 1.807) is 52.8 Å². The molecule has 1 aliphatic heterocycles. The Morgan fingerprint density at radius 1 is 1.21 bits per heavy atom. The average molecular weight is 564 g/mol. The number of fused-ring (bicyclic) bond motifs is 2. The summed E-state index contributed by atoms with van der Waals surface area (Å²) in [6, 6.07) is 6.50. The summed E-state index contributed by atoms with van der Waals surface area (Å²) >= 11 is 0. The molecular weight excluding hydrogens is 529 g/mol. The van der Waals surface area contributed by atoms with Gasteiger partial charge in [-0.2, -0.15) is 5.26 Å². The molecule has 0 radical (unpaired) electrons. The lowest BCUT2D eigenvalue weighted by Gasteiger charge is -2.27. The van der Waals surface area contributed by atoms with E-state index in [0.717, 1.165) is 0 Å². The minimum absolute atomic E-state index is 0.0421. The van der Waals surface area contributed by atoms with Gasteiger partial charge in [0.05, 0.1) is 61.4 Å². The van der Waals surface area contributed by atoms with Gasteiger partial charge in [0.15, 0.2) is 5.79 Å². The van der Waals surface area contributed by atoms with Gasteiger partial charge in [0.1, 0.15) is 12.2 Å². The summed E-state index contributed by atoms with van der Waals surface area (Å²) < 4.78 is 49.1. The number of nitrogens with zero attached hydrogens (tertiary/aromatic N) is 3. The molecule has 1 aromatic heterocycles. The Morgan fingerprint density at radius 3 is 2.54 bits per heavy atom. The molecule has 4 rings (SSSR count). The molecule has 1 aromatic carbocycles. The van der Waals surface area contributed by atoms with Crippen molar-refractivity contribution < 1.29 is 37.4 Å². The molecule has 2 heterocycles. The first-order valence-electron chi connectivity index (χ1n) is 13.0. The fourth-order valence-electron chi connectivity index (χ4n) is 5.25. The highest BCUT2D eigenvalue weighted by atomic mass is 31.2. The van der Waals surface area contributed by atoms with Gasteiger partial charge in [-0.1, -0.05) is 6.07 Å². The van der Waals surface area contributed by atoms with Gasteiger partial charge >= 0.3 is 13.6 Å². The number of hydrogen-bond acceptors (Lipinski definition) is 11. The first-order valence-corrected chi connectivity index (χ1v) is 14.6. The minimum atomic E-state index is -4.01. The molecular formula is C26H34N3O9P. The maximum Gasteiger partial charge on any atom is 0.370 e. The number of nitriles is 1. The molecule has 0 amide bonds. The van der Waals surface area contributed by atoms with Crippen LogP contribution >= 0.6 is 7.60 Å². The lowest BCUT2D eigenvalue weighted by molar-refractivity contribution is -0.166. The molecule has 2 fully saturated rings. The standard InChI is InChI=1S/C26H34N3O9P/c1-6-33-24(31)25(39(32,35-7-2)36-8-3)34-14-17-12-19(22-21(17)37-26(4,5)38-22)29-15-28-18-11-9-10-16(13-27)20(18)23(29)30/h9-11,15,17,19,21-22,25H,6-8,12,14H2,1-5H3. The fourth-order valence-corrected chi connectivity index (χ4v) is 6.92. The van der Waals surface area contributed by atoms with E-state index < -0.39 is 43.4 Å². The van der Waals surface area contributed by atoms with E-state index in [1.165, 1.54) is 10.9 Å². The molecule has 13 heteroatoms. The third-order valence-corrected chi connectivity index (χ3v) is 8.87. The Balaban J connectivity index is 1.66. The number of carbonyl (C=O) groups is 1. The molecule has 1 saturated carbocycles. The van der Waals surface area contributed by atoms with Gasteiger partial charge in [0.2, 0.25) is 0 Å². The van der Waals surface area contributed by atoms with E-state index in [0.29, 0.717) is 11.9 Å². The monoisotopic (exact) mass is 563 g/mol. The number of aromatic nitrogens is 2. The van der Waals surface area contributed by atoms with Gasteiger partial charge in [0.25, 0.3) is 11.4 Å². The van der Waals surface area contributed by atoms with Crippen LogP contribution in [-0.4, -0.2) is 65.8 Å². The number of esters is 1. The van der Waals surface area contributed by atoms with Crippen molar-refractivity contribution in [2.45, 2.75) is 70.9 Å². The van der Waals surface area contributed by atoms with Crippen molar-refractivity contribution in [1.29, 1.82) is 5.26 Å². The Hall–Kier alpha value is -2.65. The van der Waals surface area contributed by atoms with Crippen molar-refractivity contribution in [3.8, 4) is 6.07 Å². The van der Waals surface area contributed by atoms with E-state index in [1.807, 2.05) is 0 Å². The molecule has 5 atom stereocenters. The molecule has 2 aliphatic rings. The number of rotatable bonds is 11. The molecule has 0 bridgehead atoms. The highest BCUT2D eigenvalue weighted by Crippen LogP contribution is 2.55. The molecule has 39 heavy (non-hydrogen) atoms. The normalized spacial score (nSPS) is 24.8. The maximum atomic E-state index is 13.6. The molecule has 0 N–H and O–H groups in total. The smallest absolute Gasteiger partial charge is 0.370 e. The Labute approximate surface area is 226 Å². The molecule has 1 saturated heterocycles. The summed E-state index contributed by atoms with van der Waals surface area (Å²) in [5, 5.41) is 9.79. The second-order valence-corrected chi connectivity index (χ2v) is 11.8. The van der Waals surface area contributed by atoms with Crippen molar-refractivity contribution in [2.24, 2.45) is 5.92 Å². The van der Waals surface area contributed by atoms with Crippen LogP contribution in [0.5, 0.6) is 0 Å². The topological polar surface area (TPSA) is 148 Å². The van der Waals surface area contributed by atoms with Crippen LogP contribution < -0.4 is 5.56 Å². The van der Waals surface area contributed by atoms with Crippen LogP contribution in [0.1, 0.15) is 52.6 Å². The number of ether oxygens (including phenoxy) is 4. The first-order chi connectivity index (χ1) is 18.6. The Kier molecular flexibility index (Phi) is 8.91. The van der Waals surface area contributed by atoms with Gasteiger partial charge in [-0.25, -0.2) is 9.78 Å². The SMILES string of the molecule is CCOC(=O)C(OCC1CC(n2cnc3cccc(C#N)c3c2=O)C2OC(C)(C)OC12)P(=O)(OCC)OCC. The Bertz CT molecular complexity index is 1340. The van der Waals surface area contributed by atoms with Gasteiger partial charge in [0, 0.05) is 5.92 Å². The summed E-state index contributed by atoms with van der Waals surface area (Å²) in [6.07, 6.45) is 0.786. The lowest BCUT2D eigenvalue weighted by atomic mass is 10.1. The maximum absolute atomic E-state index is 13.6. The summed E-state index contributed by atoms with van der Waals surface area (Å²) in [4.78, 5) is 30.8. The van der Waals surface area contributed by atoms with E-state index >= 15 is 0 Å². The quantitative estimate of drug-likeness (QED) is 0.292. The van der Waals surface area contributed by atoms with Crippen LogP contribution in [0.25, 0.3) is 10.9 Å². The zero-order chi connectivity index (χ0) is 28.4. The van der Waals surface area contributed by atoms with Crippen LogP contribution in [0.4, 0.5) is 0 Å². The number of carbonyl (C=O) groups excluding carboxylic acids is 1. The molecule has 12 nitrogen and oxygen atoms in total. The summed E-state index contributed by atoms with van der Waals surface area (Å²) in [6.45, 7) is 8.53. The molecule has 2 aromatic rings. The van der Waals surface area contributed by atoms with Crippen LogP contribution in [0.3, 0.4) is 0 Å². The van der Waals surface area contributed by atoms with Crippen LogP contribution in [-0.2, 0) is 37.4 Å². The second-order valence-electron chi connectivity index (χ2n) is 9.71. The number of hydrogen-bond donors (Lipinski definition) is 0. The summed E-state index contributed by atoms with van der Waals surface area (Å²) in [5.74, 6) is -3.74. The predicted octanol–water partition coefficient (Wildman–Crippen LogP) is 3.52. The van der Waals surface area contributed by atoms with Crippen molar-refractivity contribution in [3.63, 3.8) is 0 Å². The predicted molar refractivity (Wildman–Crippen MR) is 139 cm³/mol. The van der Waals surface area contributed by atoms with E-state index in [9.17, 15) is 19.4 Å². The third-order valence-electron chi connectivity index (χ3n) is 6.70. The van der Waals surface area contributed by atoms with E-state index in [-0.39, 0.29) is 48.9 Å². The zero-order valence-electron chi connectivity index (χ0n) is 22.7. The van der Waals surface area contributed by atoms with Crippen molar-refractivity contribution in [3.05, 3.63) is 40.4 Å². The van der Waals surface area contributed by atoms with Gasteiger partial charge in [-0.3, -0.25) is 13.9 Å². The largest absolute Gasteiger partial charge is 0.464 e. The minimum Gasteiger partial charge on any atom is -0.464 e. The molecule has 1 aliphatic carbocycles. The number of benzene rings is 1. The van der Waals surface area contributed by atoms with Crippen LogP contribution in [0, 0.1) is 17.2 Å². The Morgan fingerprint density at radius 2 is 1.90 bits per heavy atom. The van der Waals surface area contributed by atoms with Gasteiger partial charge < -0.3 is 28.0 Å². The fraction of sp³-hybridized carbons (Fsp3) is 0.615. The van der Waals surface area contributed by atoms with Crippen LogP contribution in [0.2, 0.25) is 0 Å². The van der Waals surface area contributed by atoms with Gasteiger partial charge in [-0.15, -0.1) is 0 Å². The summed E-state index contributed by atoms with van der Waals surface area (Å²) in [7, 11) is -4.01. The highest BCUT2D eigenvalue weighted by molar-refractivity contribution is 7.55. The lowest BCUT2D eigenvalue weighted by Crippen LogP contribution is -2.34. The molecule has 212 valence electrons. The van der Waals surface area contributed by atoms with Crippen molar-refractivity contribution in [2.75, 3.05) is 26.4 Å². The van der Waals surface area contributed by atoms with Crippen molar-refractivity contribution >= 4 is 24.5 Å². The first kappa shape index (κ1) is 29.3. The van der Waals surface area contributed by atoms with Crippen molar-refractivity contribution in [1.82, 2.24) is 9.55 Å². The second kappa shape index (κ2) is 11.8. The van der Waals surface area contributed by atoms with E-state index in [4.69, 9.17) is 28.0 Å². The average Bonchev–Trinajstić information content (AvgIpc) is 3.37. The molecule has 0 spiro atoms.